The molecule has 0 atom stereocenters. The summed E-state index contributed by atoms with van der Waals surface area (Å²) < 4.78 is 2.75. The molecule has 4 heterocycles. The number of aldehydes is 1. The maximum Gasteiger partial charge on any atom is 0.167 e. The van der Waals surface area contributed by atoms with E-state index in [0.29, 0.717) is 23.8 Å². The minimum atomic E-state index is 0.463. The summed E-state index contributed by atoms with van der Waals surface area (Å²) in [4.78, 5) is 20.7. The highest BCUT2D eigenvalue weighted by Crippen LogP contribution is 2.30. The lowest BCUT2D eigenvalue weighted by molar-refractivity contribution is 0.111. The zero-order chi connectivity index (χ0) is 22.9. The molecule has 0 fully saturated rings. The normalized spacial score (nSPS) is 11.7. The summed E-state index contributed by atoms with van der Waals surface area (Å²) in [7, 11) is 3.75. The number of hydrogen-bond donors (Lipinski definition) is 1. The maximum atomic E-state index is 11.8. The number of pyridine rings is 1. The fourth-order valence-electron chi connectivity index (χ4n) is 3.81. The number of halogens is 1. The van der Waals surface area contributed by atoms with E-state index in [1.54, 1.807) is 29.8 Å². The van der Waals surface area contributed by atoms with Crippen LogP contribution in [0.25, 0.3) is 21.3 Å². The molecule has 0 aliphatic carbocycles. The molecule has 0 bridgehead atoms. The van der Waals surface area contributed by atoms with Crippen LogP contribution in [0.15, 0.2) is 47.8 Å². The van der Waals surface area contributed by atoms with E-state index in [0.717, 1.165) is 49.2 Å². The van der Waals surface area contributed by atoms with Crippen molar-refractivity contribution in [2.24, 2.45) is 12.1 Å². The van der Waals surface area contributed by atoms with Crippen LogP contribution < -0.4 is 0 Å². The first-order valence-corrected chi connectivity index (χ1v) is 11.4. The molecule has 0 saturated carbocycles. The molecule has 1 N–H and O–H groups in total. The SMILES string of the molecule is CN(Cc1cccc2[nH]ncc12)/N=C\c1c(C=O)n(C)c2nc(Cc3ccc(Cl)nc3)sc12. The first-order valence-electron chi connectivity index (χ1n) is 10.2. The van der Waals surface area contributed by atoms with Gasteiger partial charge < -0.3 is 4.57 Å². The Labute approximate surface area is 198 Å². The first kappa shape index (κ1) is 21.3. The average Bonchev–Trinajstić information content (AvgIpc) is 3.50. The van der Waals surface area contributed by atoms with E-state index >= 15 is 0 Å². The van der Waals surface area contributed by atoms with Gasteiger partial charge in [-0.2, -0.15) is 10.2 Å². The van der Waals surface area contributed by atoms with Gasteiger partial charge in [-0.1, -0.05) is 29.8 Å². The number of aryl methyl sites for hydroxylation is 1. The fraction of sp³-hybridized carbons (Fsp3) is 0.174. The van der Waals surface area contributed by atoms with Gasteiger partial charge in [-0.25, -0.2) is 9.97 Å². The summed E-state index contributed by atoms with van der Waals surface area (Å²) >= 11 is 7.45. The molecule has 0 radical (unpaired) electrons. The van der Waals surface area contributed by atoms with Crippen LogP contribution in [-0.4, -0.2) is 49.3 Å². The standard InChI is InChI=1S/C23H20ClN7OS/c1-30(12-15-4-3-5-18-16(15)10-26-29-18)27-11-17-19(13-32)31(2)23-22(17)33-21(28-23)8-14-6-7-20(24)25-9-14/h3-7,9-11,13H,8,12H2,1-2H3,(H,26,29)/b27-11-. The minimum absolute atomic E-state index is 0.463. The third-order valence-corrected chi connectivity index (χ3v) is 6.77. The Morgan fingerprint density at radius 2 is 2.15 bits per heavy atom. The number of fused-ring (bicyclic) bond motifs is 2. The van der Waals surface area contributed by atoms with Crippen LogP contribution in [0.2, 0.25) is 5.15 Å². The van der Waals surface area contributed by atoms with Crippen molar-refractivity contribution in [3.05, 3.63) is 75.3 Å². The Kier molecular flexibility index (Phi) is 5.65. The molecule has 5 aromatic rings. The minimum Gasteiger partial charge on any atom is -0.325 e. The second kappa shape index (κ2) is 8.76. The molecule has 1 aromatic carbocycles. The van der Waals surface area contributed by atoms with E-state index in [9.17, 15) is 4.79 Å². The number of hydrazone groups is 1. The van der Waals surface area contributed by atoms with Crippen LogP contribution in [0, 0.1) is 0 Å². The van der Waals surface area contributed by atoms with E-state index in [-0.39, 0.29) is 0 Å². The van der Waals surface area contributed by atoms with Gasteiger partial charge in [0.05, 0.1) is 34.9 Å². The number of H-pyrrole nitrogens is 1. The predicted molar refractivity (Wildman–Crippen MR) is 131 cm³/mol. The predicted octanol–water partition coefficient (Wildman–Crippen LogP) is 4.43. The van der Waals surface area contributed by atoms with Gasteiger partial charge in [0.1, 0.15) is 10.2 Å². The molecule has 0 saturated heterocycles. The molecule has 8 nitrogen and oxygen atoms in total. The highest BCUT2D eigenvalue weighted by Gasteiger charge is 2.18. The Morgan fingerprint density at radius 1 is 1.27 bits per heavy atom. The highest BCUT2D eigenvalue weighted by atomic mass is 35.5. The lowest BCUT2D eigenvalue weighted by Crippen LogP contribution is -2.11. The molecule has 0 aliphatic rings. The van der Waals surface area contributed by atoms with Crippen molar-refractivity contribution < 1.29 is 4.79 Å². The summed E-state index contributed by atoms with van der Waals surface area (Å²) in [5.41, 5.74) is 5.23. The van der Waals surface area contributed by atoms with Gasteiger partial charge >= 0.3 is 0 Å². The molecule has 0 unspecified atom stereocenters. The van der Waals surface area contributed by atoms with Crippen molar-refractivity contribution in [2.75, 3.05) is 7.05 Å². The molecule has 4 aromatic heterocycles. The number of carbonyl (C=O) groups is 1. The molecule has 0 amide bonds. The van der Waals surface area contributed by atoms with E-state index in [1.165, 1.54) is 0 Å². The third-order valence-electron chi connectivity index (χ3n) is 5.47. The topological polar surface area (TPSA) is 92.1 Å². The van der Waals surface area contributed by atoms with Crippen molar-refractivity contribution in [1.29, 1.82) is 0 Å². The first-order chi connectivity index (χ1) is 16.0. The van der Waals surface area contributed by atoms with Crippen molar-refractivity contribution in [3.8, 4) is 0 Å². The van der Waals surface area contributed by atoms with Gasteiger partial charge in [0.15, 0.2) is 11.9 Å². The van der Waals surface area contributed by atoms with Crippen LogP contribution in [0.1, 0.15) is 32.2 Å². The van der Waals surface area contributed by atoms with Crippen LogP contribution >= 0.6 is 22.9 Å². The number of hydrogen-bond acceptors (Lipinski definition) is 7. The van der Waals surface area contributed by atoms with Crippen LogP contribution in [0.4, 0.5) is 0 Å². The number of nitrogens with one attached hydrogen (secondary N) is 1. The van der Waals surface area contributed by atoms with Crippen LogP contribution in [0.5, 0.6) is 0 Å². The van der Waals surface area contributed by atoms with Gasteiger partial charge in [0, 0.05) is 37.7 Å². The number of nitrogens with zero attached hydrogens (tertiary/aromatic N) is 6. The van der Waals surface area contributed by atoms with Crippen molar-refractivity contribution in [3.63, 3.8) is 0 Å². The van der Waals surface area contributed by atoms with E-state index in [2.05, 4.69) is 26.3 Å². The number of benzene rings is 1. The molecule has 0 spiro atoms. The zero-order valence-corrected chi connectivity index (χ0v) is 19.6. The second-order valence-corrected chi connectivity index (χ2v) is 9.18. The largest absolute Gasteiger partial charge is 0.325 e. The summed E-state index contributed by atoms with van der Waals surface area (Å²) in [5.74, 6) is 0. The summed E-state index contributed by atoms with van der Waals surface area (Å²) in [6.45, 7) is 0.608. The smallest absolute Gasteiger partial charge is 0.167 e. The quantitative estimate of drug-likeness (QED) is 0.162. The van der Waals surface area contributed by atoms with E-state index < -0.39 is 0 Å². The van der Waals surface area contributed by atoms with Crippen LogP contribution in [-0.2, 0) is 20.0 Å². The maximum absolute atomic E-state index is 11.8. The monoisotopic (exact) mass is 477 g/mol. The summed E-state index contributed by atoms with van der Waals surface area (Å²) in [6, 6.07) is 9.76. The van der Waals surface area contributed by atoms with E-state index in [4.69, 9.17) is 16.6 Å². The fourth-order valence-corrected chi connectivity index (χ4v) is 5.07. The number of aromatic amines is 1. The molecule has 166 valence electrons. The van der Waals surface area contributed by atoms with Crippen LogP contribution in [0.3, 0.4) is 0 Å². The molecule has 10 heteroatoms. The molecule has 0 aliphatic heterocycles. The lowest BCUT2D eigenvalue weighted by Gasteiger charge is -2.13. The van der Waals surface area contributed by atoms with Gasteiger partial charge in [-0.05, 0) is 23.3 Å². The van der Waals surface area contributed by atoms with E-state index in [1.807, 2.05) is 48.1 Å². The average molecular weight is 478 g/mol. The molecular weight excluding hydrogens is 458 g/mol. The van der Waals surface area contributed by atoms with Gasteiger partial charge in [-0.3, -0.25) is 14.9 Å². The Morgan fingerprint density at radius 3 is 2.94 bits per heavy atom. The van der Waals surface area contributed by atoms with Crippen molar-refractivity contribution in [1.82, 2.24) is 29.7 Å². The van der Waals surface area contributed by atoms with Crippen molar-refractivity contribution in [2.45, 2.75) is 13.0 Å². The second-order valence-electron chi connectivity index (χ2n) is 7.71. The molecule has 33 heavy (non-hydrogen) atoms. The number of thiazole rings is 1. The summed E-state index contributed by atoms with van der Waals surface area (Å²) in [6.07, 6.45) is 6.81. The molecular formula is C23H20ClN7OS. The summed E-state index contributed by atoms with van der Waals surface area (Å²) in [5, 5.41) is 16.0. The van der Waals surface area contributed by atoms with Gasteiger partial charge in [0.25, 0.3) is 0 Å². The van der Waals surface area contributed by atoms with Gasteiger partial charge in [-0.15, -0.1) is 11.3 Å². The number of aromatic nitrogens is 5. The molecule has 5 rings (SSSR count). The Hall–Kier alpha value is -3.56. The van der Waals surface area contributed by atoms with Gasteiger partial charge in [0.2, 0.25) is 0 Å². The third kappa shape index (κ3) is 4.12. The highest BCUT2D eigenvalue weighted by molar-refractivity contribution is 7.19. The lowest BCUT2D eigenvalue weighted by atomic mass is 10.1. The zero-order valence-electron chi connectivity index (χ0n) is 18.0. The Bertz CT molecular complexity index is 1480. The Balaban J connectivity index is 1.43. The van der Waals surface area contributed by atoms with Crippen molar-refractivity contribution >= 4 is 56.7 Å². The number of carbonyl (C=O) groups excluding carboxylic acids is 1. The number of rotatable bonds is 7.